The number of nitro benzene ring substituents is 1. The Kier molecular flexibility index (Phi) is 6.92. The first-order chi connectivity index (χ1) is 16.4. The number of carbonyl (C=O) groups is 1. The van der Waals surface area contributed by atoms with Crippen molar-refractivity contribution in [1.82, 2.24) is 0 Å². The number of aliphatic imine (C=N–C) groups is 1. The molecule has 9 heteroatoms. The zero-order chi connectivity index (χ0) is 24.2. The van der Waals surface area contributed by atoms with Crippen molar-refractivity contribution in [3.05, 3.63) is 102 Å². The molecule has 0 N–H and O–H groups in total. The summed E-state index contributed by atoms with van der Waals surface area (Å²) in [6.07, 6.45) is 1.58. The highest BCUT2D eigenvalue weighted by Gasteiger charge is 2.25. The lowest BCUT2D eigenvalue weighted by Crippen LogP contribution is -2.06. The van der Waals surface area contributed by atoms with Crippen molar-refractivity contribution in [1.29, 1.82) is 0 Å². The van der Waals surface area contributed by atoms with Gasteiger partial charge in [0, 0.05) is 26.3 Å². The molecule has 172 valence electrons. The zero-order valence-electron chi connectivity index (χ0n) is 18.3. The van der Waals surface area contributed by atoms with E-state index in [2.05, 4.69) is 27.6 Å². The van der Waals surface area contributed by atoms with E-state index in [1.165, 1.54) is 12.1 Å². The first-order valence-corrected chi connectivity index (χ1v) is 11.3. The van der Waals surface area contributed by atoms with Gasteiger partial charge in [-0.15, -0.1) is 0 Å². The first kappa shape index (κ1) is 23.4. The summed E-state index contributed by atoms with van der Waals surface area (Å²) in [5, 5.41) is 11.0. The first-order valence-electron chi connectivity index (χ1n) is 10.2. The average molecular weight is 570 g/mol. The summed E-state index contributed by atoms with van der Waals surface area (Å²) < 4.78 is 17.8. The molecule has 0 atom stereocenters. The molecule has 0 fully saturated rings. The number of aryl methyl sites for hydroxylation is 1. The predicted octanol–water partition coefficient (Wildman–Crippen LogP) is 5.44. The van der Waals surface area contributed by atoms with Gasteiger partial charge in [0.2, 0.25) is 5.90 Å². The van der Waals surface area contributed by atoms with E-state index in [0.29, 0.717) is 34.8 Å². The molecule has 0 aromatic heterocycles. The second-order valence-corrected chi connectivity index (χ2v) is 8.55. The van der Waals surface area contributed by atoms with Crippen LogP contribution in [-0.4, -0.2) is 23.9 Å². The number of cyclic esters (lactones) is 1. The topological polar surface area (TPSA) is 100 Å². The maximum absolute atomic E-state index is 12.4. The summed E-state index contributed by atoms with van der Waals surface area (Å²) in [5.41, 5.74) is 2.77. The second kappa shape index (κ2) is 10.0. The van der Waals surface area contributed by atoms with Gasteiger partial charge in [-0.05, 0) is 71.5 Å². The van der Waals surface area contributed by atoms with E-state index in [-0.39, 0.29) is 17.3 Å². The van der Waals surface area contributed by atoms with Crippen LogP contribution in [-0.2, 0) is 16.1 Å². The summed E-state index contributed by atoms with van der Waals surface area (Å²) in [6, 6.07) is 17.7. The van der Waals surface area contributed by atoms with Crippen LogP contribution in [0.3, 0.4) is 0 Å². The Morgan fingerprint density at radius 2 is 1.91 bits per heavy atom. The van der Waals surface area contributed by atoms with Gasteiger partial charge in [0.05, 0.1) is 12.0 Å². The Morgan fingerprint density at radius 3 is 2.62 bits per heavy atom. The van der Waals surface area contributed by atoms with E-state index in [9.17, 15) is 14.9 Å². The number of nitro groups is 1. The highest BCUT2D eigenvalue weighted by atomic mass is 127. The third kappa shape index (κ3) is 5.09. The molecule has 0 saturated carbocycles. The minimum absolute atomic E-state index is 0.0131. The number of hydrogen-bond donors (Lipinski definition) is 0. The minimum Gasteiger partial charge on any atom is -0.493 e. The van der Waals surface area contributed by atoms with Crippen LogP contribution in [0.15, 0.2) is 71.4 Å². The minimum atomic E-state index is -0.607. The molecular weight excluding hydrogens is 551 g/mol. The van der Waals surface area contributed by atoms with Gasteiger partial charge >= 0.3 is 5.97 Å². The number of methoxy groups -OCH3 is 1. The third-order valence-corrected chi connectivity index (χ3v) is 6.15. The van der Waals surface area contributed by atoms with Crippen LogP contribution >= 0.6 is 22.6 Å². The van der Waals surface area contributed by atoms with Gasteiger partial charge in [-0.1, -0.05) is 24.3 Å². The summed E-state index contributed by atoms with van der Waals surface area (Å²) in [6.45, 7) is 2.01. The number of carbonyl (C=O) groups excluding carboxylic acids is 1. The van der Waals surface area contributed by atoms with Gasteiger partial charge in [-0.25, -0.2) is 9.79 Å². The van der Waals surface area contributed by atoms with Crippen molar-refractivity contribution >= 4 is 46.2 Å². The molecule has 3 aromatic carbocycles. The lowest BCUT2D eigenvalue weighted by atomic mass is 10.1. The summed E-state index contributed by atoms with van der Waals surface area (Å²) in [5.74, 6) is 0.577. The van der Waals surface area contributed by atoms with E-state index in [1.54, 1.807) is 44.4 Å². The lowest BCUT2D eigenvalue weighted by molar-refractivity contribution is -0.385. The maximum atomic E-state index is 12.4. The molecule has 34 heavy (non-hydrogen) atoms. The Bertz CT molecular complexity index is 1350. The molecule has 1 aliphatic rings. The molecule has 0 saturated heterocycles. The van der Waals surface area contributed by atoms with Gasteiger partial charge in [-0.2, -0.15) is 0 Å². The van der Waals surface area contributed by atoms with Crippen molar-refractivity contribution in [2.75, 3.05) is 7.11 Å². The van der Waals surface area contributed by atoms with Crippen LogP contribution < -0.4 is 9.47 Å². The fourth-order valence-corrected chi connectivity index (χ4v) is 3.89. The van der Waals surface area contributed by atoms with Gasteiger partial charge in [0.1, 0.15) is 6.61 Å². The highest BCUT2D eigenvalue weighted by molar-refractivity contribution is 14.1. The van der Waals surface area contributed by atoms with E-state index < -0.39 is 10.9 Å². The lowest BCUT2D eigenvalue weighted by Gasteiger charge is -2.12. The number of ether oxygens (including phenoxy) is 3. The largest absolute Gasteiger partial charge is 0.493 e. The molecule has 4 rings (SSSR count). The van der Waals surface area contributed by atoms with E-state index in [4.69, 9.17) is 14.2 Å². The third-order valence-electron chi connectivity index (χ3n) is 5.09. The zero-order valence-corrected chi connectivity index (χ0v) is 20.4. The van der Waals surface area contributed by atoms with Crippen LogP contribution in [0.25, 0.3) is 6.08 Å². The summed E-state index contributed by atoms with van der Waals surface area (Å²) in [4.78, 5) is 27.2. The van der Waals surface area contributed by atoms with Crippen molar-refractivity contribution < 1.29 is 23.9 Å². The van der Waals surface area contributed by atoms with Crippen molar-refractivity contribution in [3.63, 3.8) is 0 Å². The van der Waals surface area contributed by atoms with Crippen LogP contribution in [0.5, 0.6) is 11.5 Å². The molecular formula is C25H19IN2O6. The van der Waals surface area contributed by atoms with Crippen molar-refractivity contribution in [2.24, 2.45) is 4.99 Å². The van der Waals surface area contributed by atoms with Crippen LogP contribution in [0, 0.1) is 20.6 Å². The smallest absolute Gasteiger partial charge is 0.363 e. The van der Waals surface area contributed by atoms with Gasteiger partial charge in [0.15, 0.2) is 17.2 Å². The number of nitrogens with zero attached hydrogens (tertiary/aromatic N) is 2. The number of esters is 1. The Balaban J connectivity index is 1.55. The fourth-order valence-electron chi connectivity index (χ4n) is 3.35. The molecule has 1 aliphatic heterocycles. The van der Waals surface area contributed by atoms with Gasteiger partial charge in [0.25, 0.3) is 5.69 Å². The molecule has 0 unspecified atom stereocenters. The summed E-state index contributed by atoms with van der Waals surface area (Å²) >= 11 is 2.26. The standard InChI is InChI=1S/C25H19IN2O6/c1-15-11-17(8-9-21(15)28(30)31)24-27-20(25(29)34-24)12-16-7-10-22(23(13-16)32-2)33-14-18-5-3-4-6-19(18)26/h3-13H,14H2,1-2H3/b20-12-. The SMILES string of the molecule is COc1cc(/C=C2\N=C(c3ccc([N+](=O)[O-])c(C)c3)OC2=O)ccc1OCc1ccccc1I. The van der Waals surface area contributed by atoms with Crippen molar-refractivity contribution in [3.8, 4) is 11.5 Å². The molecule has 0 spiro atoms. The predicted molar refractivity (Wildman–Crippen MR) is 135 cm³/mol. The van der Waals surface area contributed by atoms with Crippen LogP contribution in [0.2, 0.25) is 0 Å². The molecule has 0 aliphatic carbocycles. The number of benzene rings is 3. The Hall–Kier alpha value is -3.73. The normalized spacial score (nSPS) is 14.0. The number of rotatable bonds is 7. The van der Waals surface area contributed by atoms with Gasteiger partial charge < -0.3 is 14.2 Å². The molecule has 0 amide bonds. The monoisotopic (exact) mass is 570 g/mol. The van der Waals surface area contributed by atoms with Crippen LogP contribution in [0.4, 0.5) is 5.69 Å². The average Bonchev–Trinajstić information content (AvgIpc) is 3.18. The molecule has 0 bridgehead atoms. The van der Waals surface area contributed by atoms with Gasteiger partial charge in [-0.3, -0.25) is 10.1 Å². The van der Waals surface area contributed by atoms with E-state index >= 15 is 0 Å². The van der Waals surface area contributed by atoms with E-state index in [1.807, 2.05) is 24.3 Å². The molecule has 3 aromatic rings. The number of hydrogen-bond acceptors (Lipinski definition) is 7. The van der Waals surface area contributed by atoms with E-state index in [0.717, 1.165) is 9.13 Å². The maximum Gasteiger partial charge on any atom is 0.363 e. The fraction of sp³-hybridized carbons (Fsp3) is 0.120. The molecule has 8 nitrogen and oxygen atoms in total. The second-order valence-electron chi connectivity index (χ2n) is 7.38. The Labute approximate surface area is 209 Å². The quantitative estimate of drug-likeness (QED) is 0.123. The van der Waals surface area contributed by atoms with Crippen LogP contribution in [0.1, 0.15) is 22.3 Å². The summed E-state index contributed by atoms with van der Waals surface area (Å²) in [7, 11) is 1.54. The Morgan fingerprint density at radius 1 is 1.12 bits per heavy atom. The van der Waals surface area contributed by atoms with Crippen molar-refractivity contribution in [2.45, 2.75) is 13.5 Å². The molecule has 1 heterocycles. The number of halogens is 1. The highest BCUT2D eigenvalue weighted by Crippen LogP contribution is 2.31. The molecule has 0 radical (unpaired) electrons.